The summed E-state index contributed by atoms with van der Waals surface area (Å²) in [5.41, 5.74) is 5.62. The molecule has 0 spiro atoms. The Morgan fingerprint density at radius 1 is 0.897 bits per heavy atom. The van der Waals surface area contributed by atoms with Crippen LogP contribution in [0.1, 0.15) is 71.9 Å². The number of carbonyl (C=O) groups is 1. The van der Waals surface area contributed by atoms with E-state index in [0.29, 0.717) is 0 Å². The molecule has 1 aliphatic rings. The standard InChI is InChI=1S/C21H12N.C13H24O2.CH4.Ir/c1-2-8-17-14(5-1)6-3-9-18(17)20-13-16-12-11-15-7-4-10-19(22-20)21(15)16;1-5-10(6-2)12(14)9-13(15)11(7-3)8-4;;/h1-8,10-13H;9-11,14H,5-8H2,1-4H3;1H4;/q-1;;;. The predicted molar refractivity (Wildman–Crippen MR) is 163 cm³/mol. The summed E-state index contributed by atoms with van der Waals surface area (Å²) < 4.78 is 0. The number of fused-ring (bicyclic) bond motifs is 1. The normalized spacial score (nSPS) is 11.8. The number of allylic oxidation sites excluding steroid dienone is 2. The summed E-state index contributed by atoms with van der Waals surface area (Å²) in [7, 11) is 0. The number of benzene rings is 3. The molecule has 1 N–H and O–H groups in total. The van der Waals surface area contributed by atoms with Crippen molar-refractivity contribution in [2.75, 3.05) is 0 Å². The number of nitrogens with zero attached hydrogens (tertiary/aromatic N) is 1. The number of aliphatic hydroxyl groups is 1. The average molecular weight is 699 g/mol. The maximum atomic E-state index is 11.7. The number of pyridine rings is 1. The van der Waals surface area contributed by atoms with Gasteiger partial charge in [0.05, 0.1) is 11.3 Å². The van der Waals surface area contributed by atoms with Crippen LogP contribution in [0.2, 0.25) is 0 Å². The molecule has 0 fully saturated rings. The van der Waals surface area contributed by atoms with Crippen molar-refractivity contribution in [1.29, 1.82) is 0 Å². The number of aliphatic hydroxyl groups excluding tert-OH is 1. The summed E-state index contributed by atoms with van der Waals surface area (Å²) in [4.78, 5) is 16.6. The van der Waals surface area contributed by atoms with E-state index in [0.717, 1.165) is 42.5 Å². The predicted octanol–water partition coefficient (Wildman–Crippen LogP) is 9.84. The molecule has 5 rings (SSSR count). The van der Waals surface area contributed by atoms with Crippen molar-refractivity contribution >= 4 is 39.6 Å². The van der Waals surface area contributed by atoms with Crippen LogP contribution in [0.4, 0.5) is 0 Å². The molecule has 207 valence electrons. The summed E-state index contributed by atoms with van der Waals surface area (Å²) >= 11 is 0. The molecule has 0 atom stereocenters. The quantitative estimate of drug-likeness (QED) is 0.0998. The minimum atomic E-state index is 0. The second-order valence-electron chi connectivity index (χ2n) is 9.61. The minimum Gasteiger partial charge on any atom is -0.512 e. The zero-order chi connectivity index (χ0) is 26.4. The van der Waals surface area contributed by atoms with Gasteiger partial charge in [-0.15, -0.1) is 29.1 Å². The van der Waals surface area contributed by atoms with Crippen molar-refractivity contribution < 1.29 is 30.0 Å². The zero-order valence-corrected chi connectivity index (χ0v) is 25.0. The van der Waals surface area contributed by atoms with Crippen LogP contribution in [0.15, 0.2) is 72.5 Å². The van der Waals surface area contributed by atoms with Gasteiger partial charge in [-0.1, -0.05) is 95.1 Å². The summed E-state index contributed by atoms with van der Waals surface area (Å²) in [6.07, 6.45) is 9.24. The molecule has 0 amide bonds. The van der Waals surface area contributed by atoms with Crippen molar-refractivity contribution in [3.63, 3.8) is 0 Å². The van der Waals surface area contributed by atoms with Crippen molar-refractivity contribution in [3.05, 3.63) is 89.7 Å². The van der Waals surface area contributed by atoms with Crippen molar-refractivity contribution in [1.82, 2.24) is 4.98 Å². The van der Waals surface area contributed by atoms with E-state index in [-0.39, 0.29) is 50.9 Å². The molecule has 0 saturated heterocycles. The number of rotatable bonds is 8. The summed E-state index contributed by atoms with van der Waals surface area (Å²) in [5, 5.41) is 13.4. The van der Waals surface area contributed by atoms with E-state index >= 15 is 0 Å². The fourth-order valence-corrected chi connectivity index (χ4v) is 5.08. The van der Waals surface area contributed by atoms with E-state index in [9.17, 15) is 9.90 Å². The third-order valence-corrected chi connectivity index (χ3v) is 7.40. The number of aromatic nitrogens is 1. The van der Waals surface area contributed by atoms with Gasteiger partial charge in [0.2, 0.25) is 0 Å². The average Bonchev–Trinajstić information content (AvgIpc) is 3.34. The topological polar surface area (TPSA) is 50.2 Å². The van der Waals surface area contributed by atoms with E-state index in [1.54, 1.807) is 0 Å². The summed E-state index contributed by atoms with van der Waals surface area (Å²) in [5.74, 6) is 0.547. The van der Waals surface area contributed by atoms with Crippen LogP contribution in [-0.4, -0.2) is 15.9 Å². The van der Waals surface area contributed by atoms with Gasteiger partial charge in [0.15, 0.2) is 5.78 Å². The number of hydrogen-bond acceptors (Lipinski definition) is 3. The largest absolute Gasteiger partial charge is 0.512 e. The Bertz CT molecular complexity index is 1460. The van der Waals surface area contributed by atoms with E-state index in [1.807, 2.05) is 33.8 Å². The Kier molecular flexibility index (Phi) is 12.3. The third-order valence-electron chi connectivity index (χ3n) is 7.40. The Labute approximate surface area is 247 Å². The molecule has 3 aromatic carbocycles. The van der Waals surface area contributed by atoms with Gasteiger partial charge in [0.25, 0.3) is 0 Å². The molecule has 1 heterocycles. The van der Waals surface area contributed by atoms with E-state index in [1.165, 1.54) is 33.4 Å². The fraction of sp³-hybridized carbons (Fsp3) is 0.314. The first-order chi connectivity index (χ1) is 18.0. The van der Waals surface area contributed by atoms with Gasteiger partial charge in [-0.25, -0.2) is 0 Å². The number of ketones is 1. The molecule has 3 nitrogen and oxygen atoms in total. The Morgan fingerprint density at radius 3 is 2.26 bits per heavy atom. The fourth-order valence-electron chi connectivity index (χ4n) is 5.08. The van der Waals surface area contributed by atoms with Crippen LogP contribution in [0.5, 0.6) is 0 Å². The van der Waals surface area contributed by atoms with E-state index in [4.69, 9.17) is 4.98 Å². The summed E-state index contributed by atoms with van der Waals surface area (Å²) in [6, 6.07) is 24.3. The molecule has 1 aromatic heterocycles. The minimum absolute atomic E-state index is 0. The first-order valence-electron chi connectivity index (χ1n) is 13.5. The Hall–Kier alpha value is -3.07. The van der Waals surface area contributed by atoms with Gasteiger partial charge >= 0.3 is 0 Å². The molecule has 39 heavy (non-hydrogen) atoms. The van der Waals surface area contributed by atoms with Gasteiger partial charge in [-0.3, -0.25) is 9.78 Å². The Balaban J connectivity index is 0.000000282. The van der Waals surface area contributed by atoms with E-state index < -0.39 is 0 Å². The first-order valence-corrected chi connectivity index (χ1v) is 13.5. The molecular weight excluding hydrogens is 659 g/mol. The van der Waals surface area contributed by atoms with Crippen LogP contribution in [0.25, 0.3) is 45.1 Å². The van der Waals surface area contributed by atoms with Crippen LogP contribution < -0.4 is 0 Å². The van der Waals surface area contributed by atoms with Crippen molar-refractivity contribution in [2.45, 2.75) is 60.8 Å². The Morgan fingerprint density at radius 2 is 1.56 bits per heavy atom. The maximum Gasteiger partial charge on any atom is 0.162 e. The first kappa shape index (κ1) is 32.1. The molecule has 0 saturated carbocycles. The van der Waals surface area contributed by atoms with Gasteiger partial charge in [0.1, 0.15) is 0 Å². The van der Waals surface area contributed by atoms with Crippen LogP contribution in [0.3, 0.4) is 0 Å². The van der Waals surface area contributed by atoms with Gasteiger partial charge in [-0.2, -0.15) is 0 Å². The third kappa shape index (κ3) is 7.12. The molecule has 4 aromatic rings. The molecule has 1 radical (unpaired) electrons. The second-order valence-corrected chi connectivity index (χ2v) is 9.61. The molecule has 1 aliphatic carbocycles. The van der Waals surface area contributed by atoms with Crippen LogP contribution >= 0.6 is 0 Å². The summed E-state index contributed by atoms with van der Waals surface area (Å²) in [6.45, 7) is 8.07. The maximum absolute atomic E-state index is 11.7. The van der Waals surface area contributed by atoms with Crippen LogP contribution in [-0.2, 0) is 24.9 Å². The van der Waals surface area contributed by atoms with Gasteiger partial charge in [-0.05, 0) is 48.6 Å². The van der Waals surface area contributed by atoms with Crippen LogP contribution in [0, 0.1) is 17.9 Å². The smallest absolute Gasteiger partial charge is 0.162 e. The van der Waals surface area contributed by atoms with Crippen molar-refractivity contribution in [3.8, 4) is 11.3 Å². The SMILES string of the molecule is C.CCC(CC)C(=O)C=C(O)C(CC)CC.[Ir].[c-]1ccc2ccccc2c1-c1cc2c3c(cccc3n1)C=C2. The van der Waals surface area contributed by atoms with E-state index in [2.05, 4.69) is 72.8 Å². The van der Waals surface area contributed by atoms with Gasteiger partial charge in [0, 0.05) is 43.4 Å². The van der Waals surface area contributed by atoms with Gasteiger partial charge < -0.3 is 5.11 Å². The number of carbonyl (C=O) groups excluding carboxylic acids is 1. The monoisotopic (exact) mass is 699 g/mol. The molecule has 0 aliphatic heterocycles. The molecule has 0 unspecified atom stereocenters. The second kappa shape index (κ2) is 14.9. The number of hydrogen-bond donors (Lipinski definition) is 1. The molecule has 4 heteroatoms. The molecule has 0 bridgehead atoms. The van der Waals surface area contributed by atoms with Crippen molar-refractivity contribution in [2.24, 2.45) is 11.8 Å². The zero-order valence-electron chi connectivity index (χ0n) is 22.6. The molecular formula is C35H40IrNO2-.